The Balaban J connectivity index is 1.18. The first-order valence-electron chi connectivity index (χ1n) is 15.6. The summed E-state index contributed by atoms with van der Waals surface area (Å²) in [5, 5.41) is 5.93. The Morgan fingerprint density at radius 3 is 2.52 bits per heavy atom. The number of rotatable bonds is 9. The molecule has 3 aromatic carbocycles. The Labute approximate surface area is 278 Å². The van der Waals surface area contributed by atoms with Gasteiger partial charge in [0, 0.05) is 31.1 Å². The van der Waals surface area contributed by atoms with Crippen molar-refractivity contribution in [2.45, 2.75) is 50.9 Å². The lowest BCUT2D eigenvalue weighted by molar-refractivity contribution is -0.137. The molecule has 2 N–H and O–H groups in total. The normalized spacial score (nSPS) is 18.2. The molecular weight excluding hydrogens is 641 g/mol. The maximum absolute atomic E-state index is 13.9. The average molecular weight is 673 g/mol. The molecule has 9 nitrogen and oxygen atoms in total. The van der Waals surface area contributed by atoms with Gasteiger partial charge in [-0.2, -0.15) is 13.2 Å². The fourth-order valence-corrected chi connectivity index (χ4v) is 7.09. The number of alkyl halides is 3. The molecule has 3 heterocycles. The third kappa shape index (κ3) is 6.87. The molecular formula is C35H31F3N6O3S. The van der Waals surface area contributed by atoms with E-state index < -0.39 is 17.8 Å². The molecule has 13 heteroatoms. The van der Waals surface area contributed by atoms with E-state index in [1.807, 2.05) is 24.3 Å². The van der Waals surface area contributed by atoms with Crippen molar-refractivity contribution in [2.24, 2.45) is 5.92 Å². The van der Waals surface area contributed by atoms with Gasteiger partial charge in [0.15, 0.2) is 10.9 Å². The van der Waals surface area contributed by atoms with E-state index in [9.17, 15) is 22.8 Å². The van der Waals surface area contributed by atoms with Gasteiger partial charge in [-0.15, -0.1) is 0 Å². The zero-order chi connectivity index (χ0) is 33.4. The van der Waals surface area contributed by atoms with Gasteiger partial charge in [-0.05, 0) is 61.4 Å². The van der Waals surface area contributed by atoms with Crippen LogP contribution in [0.3, 0.4) is 0 Å². The summed E-state index contributed by atoms with van der Waals surface area (Å²) in [6, 6.07) is 19.6. The van der Waals surface area contributed by atoms with Gasteiger partial charge < -0.3 is 15.4 Å². The summed E-state index contributed by atoms with van der Waals surface area (Å²) < 4.78 is 48.6. The minimum atomic E-state index is -4.62. The van der Waals surface area contributed by atoms with E-state index in [0.717, 1.165) is 48.2 Å². The van der Waals surface area contributed by atoms with E-state index in [2.05, 4.69) is 42.6 Å². The number of carbonyl (C=O) groups is 2. The molecule has 2 aliphatic rings. The van der Waals surface area contributed by atoms with Crippen LogP contribution in [0.2, 0.25) is 0 Å². The number of benzene rings is 3. The Morgan fingerprint density at radius 2 is 1.77 bits per heavy atom. The summed E-state index contributed by atoms with van der Waals surface area (Å²) in [5.74, 6) is 0.397. The standard InChI is InChI=1S/C35H31F3N6O3S/c1-20(45)41-34-43-32-29(8-5-9-30(32)48-34)47-31-17-25(39-19-40-31)24-13-12-23(35(36,37)38)16-26(24)42-33(46)28-15-14-27(22-6-3-2-4-7-22)44(28)18-21-10-11-21/h2-9,12-13,16-17,19,21,27-28H,10-11,14-15,18H2,1H3,(H,42,46)(H,41,43,45)/t27-,28+/m1/s1. The van der Waals surface area contributed by atoms with E-state index in [1.165, 1.54) is 36.7 Å². The second-order valence-electron chi connectivity index (χ2n) is 12.1. The monoisotopic (exact) mass is 672 g/mol. The molecule has 0 spiro atoms. The maximum atomic E-state index is 13.9. The zero-order valence-electron chi connectivity index (χ0n) is 25.8. The fraction of sp³-hybridized carbons (Fsp3) is 0.286. The van der Waals surface area contributed by atoms with Crippen LogP contribution in [0.25, 0.3) is 21.5 Å². The number of amides is 2. The summed E-state index contributed by atoms with van der Waals surface area (Å²) in [6.45, 7) is 2.15. The van der Waals surface area contributed by atoms with Crippen LogP contribution >= 0.6 is 11.3 Å². The van der Waals surface area contributed by atoms with E-state index >= 15 is 0 Å². The summed E-state index contributed by atoms with van der Waals surface area (Å²) in [4.78, 5) is 40.7. The maximum Gasteiger partial charge on any atom is 0.416 e. The number of likely N-dealkylation sites (tertiary alicyclic amines) is 1. The summed E-state index contributed by atoms with van der Waals surface area (Å²) >= 11 is 1.29. The number of nitrogens with one attached hydrogen (secondary N) is 2. The van der Waals surface area contributed by atoms with Crippen molar-refractivity contribution in [3.8, 4) is 22.9 Å². The van der Waals surface area contributed by atoms with Crippen LogP contribution in [0.15, 0.2) is 79.1 Å². The van der Waals surface area contributed by atoms with Crippen molar-refractivity contribution < 1.29 is 27.5 Å². The van der Waals surface area contributed by atoms with Crippen LogP contribution in [0.5, 0.6) is 11.6 Å². The van der Waals surface area contributed by atoms with Crippen LogP contribution in [-0.4, -0.2) is 44.3 Å². The quantitative estimate of drug-likeness (QED) is 0.163. The van der Waals surface area contributed by atoms with Crippen LogP contribution < -0.4 is 15.4 Å². The number of halogens is 3. The number of hydrogen-bond donors (Lipinski definition) is 2. The SMILES string of the molecule is CC(=O)Nc1nc2c(Oc3cc(-c4ccc(C(F)(F)F)cc4NC(=O)[C@@H]4CC[C@H](c5ccccc5)N4CC4CC4)ncn3)cccc2s1. The topological polar surface area (TPSA) is 109 Å². The van der Waals surface area contributed by atoms with Gasteiger partial charge in [0.2, 0.25) is 17.7 Å². The summed E-state index contributed by atoms with van der Waals surface area (Å²) in [5.41, 5.74) is 1.29. The van der Waals surface area contributed by atoms with Crippen LogP contribution in [0.1, 0.15) is 49.8 Å². The molecule has 7 rings (SSSR count). The highest BCUT2D eigenvalue weighted by Gasteiger charge is 2.41. The first-order valence-corrected chi connectivity index (χ1v) is 16.4. The summed E-state index contributed by atoms with van der Waals surface area (Å²) in [6.07, 6.45) is 0.199. The Hall–Kier alpha value is -4.88. The molecule has 2 atom stereocenters. The number of hydrogen-bond acceptors (Lipinski definition) is 8. The van der Waals surface area contributed by atoms with Gasteiger partial charge >= 0.3 is 6.18 Å². The van der Waals surface area contributed by atoms with Crippen molar-refractivity contribution in [3.05, 3.63) is 90.3 Å². The molecule has 2 amide bonds. The molecule has 0 unspecified atom stereocenters. The average Bonchev–Trinajstić information content (AvgIpc) is 3.63. The molecule has 5 aromatic rings. The van der Waals surface area contributed by atoms with Gasteiger partial charge in [0.05, 0.1) is 27.7 Å². The van der Waals surface area contributed by atoms with Crippen LogP contribution in [0.4, 0.5) is 24.0 Å². The largest absolute Gasteiger partial charge is 0.437 e. The van der Waals surface area contributed by atoms with Crippen LogP contribution in [-0.2, 0) is 15.8 Å². The highest BCUT2D eigenvalue weighted by molar-refractivity contribution is 7.22. The number of fused-ring (bicyclic) bond motifs is 1. The van der Waals surface area contributed by atoms with Crippen molar-refractivity contribution >= 4 is 44.2 Å². The number of anilines is 2. The summed E-state index contributed by atoms with van der Waals surface area (Å²) in [7, 11) is 0. The minimum absolute atomic E-state index is 0.00411. The van der Waals surface area contributed by atoms with Crippen molar-refractivity contribution in [1.82, 2.24) is 19.9 Å². The fourth-order valence-electron chi connectivity index (χ4n) is 6.16. The lowest BCUT2D eigenvalue weighted by Crippen LogP contribution is -2.41. The molecule has 1 aliphatic heterocycles. The Morgan fingerprint density at radius 1 is 0.958 bits per heavy atom. The molecule has 0 bridgehead atoms. The first kappa shape index (κ1) is 31.7. The van der Waals surface area contributed by atoms with E-state index in [-0.39, 0.29) is 40.7 Å². The van der Waals surface area contributed by atoms with Gasteiger partial charge in [0.1, 0.15) is 11.8 Å². The van der Waals surface area contributed by atoms with Crippen molar-refractivity contribution in [1.29, 1.82) is 0 Å². The zero-order valence-corrected chi connectivity index (χ0v) is 26.6. The second kappa shape index (κ2) is 13.0. The Bertz CT molecular complexity index is 1980. The predicted octanol–water partition coefficient (Wildman–Crippen LogP) is 8.08. The number of nitrogens with zero attached hydrogens (tertiary/aromatic N) is 4. The van der Waals surface area contributed by atoms with Crippen molar-refractivity contribution in [2.75, 3.05) is 17.2 Å². The highest BCUT2D eigenvalue weighted by Crippen LogP contribution is 2.42. The molecule has 1 saturated carbocycles. The third-order valence-corrected chi connectivity index (χ3v) is 9.51. The highest BCUT2D eigenvalue weighted by atomic mass is 32.1. The number of para-hydroxylation sites is 1. The smallest absolute Gasteiger partial charge is 0.416 e. The van der Waals surface area contributed by atoms with Crippen molar-refractivity contribution in [3.63, 3.8) is 0 Å². The van der Waals surface area contributed by atoms with Crippen LogP contribution in [0, 0.1) is 5.92 Å². The number of carbonyl (C=O) groups excluding carboxylic acids is 2. The van der Waals surface area contributed by atoms with E-state index in [0.29, 0.717) is 28.7 Å². The minimum Gasteiger partial charge on any atom is -0.437 e. The Kier molecular flexibility index (Phi) is 8.56. The van der Waals surface area contributed by atoms with E-state index in [4.69, 9.17) is 4.74 Å². The van der Waals surface area contributed by atoms with Gasteiger partial charge in [0.25, 0.3) is 0 Å². The number of aromatic nitrogens is 3. The third-order valence-electron chi connectivity index (χ3n) is 8.57. The van der Waals surface area contributed by atoms with E-state index in [1.54, 1.807) is 12.1 Å². The molecule has 0 radical (unpaired) electrons. The van der Waals surface area contributed by atoms with Gasteiger partial charge in [-0.3, -0.25) is 14.5 Å². The molecule has 1 saturated heterocycles. The van der Waals surface area contributed by atoms with Gasteiger partial charge in [-0.25, -0.2) is 15.0 Å². The molecule has 246 valence electrons. The second-order valence-corrected chi connectivity index (χ2v) is 13.1. The lowest BCUT2D eigenvalue weighted by atomic mass is 10.0. The molecule has 1 aliphatic carbocycles. The number of ether oxygens (including phenoxy) is 1. The first-order chi connectivity index (χ1) is 23.1. The predicted molar refractivity (Wildman–Crippen MR) is 177 cm³/mol. The van der Waals surface area contributed by atoms with Gasteiger partial charge in [-0.1, -0.05) is 53.8 Å². The number of thiazole rings is 1. The molecule has 2 fully saturated rings. The lowest BCUT2D eigenvalue weighted by Gasteiger charge is -2.30. The molecule has 48 heavy (non-hydrogen) atoms. The molecule has 2 aromatic heterocycles.